The fourth-order valence-corrected chi connectivity index (χ4v) is 4.61. The third-order valence-corrected chi connectivity index (χ3v) is 6.92. The first-order chi connectivity index (χ1) is 17.7. The van der Waals surface area contributed by atoms with Crippen molar-refractivity contribution < 1.29 is 9.47 Å². The van der Waals surface area contributed by atoms with Crippen molar-refractivity contribution in [3.8, 4) is 28.0 Å². The lowest BCUT2D eigenvalue weighted by Crippen LogP contribution is -2.02. The smallest absolute Gasteiger partial charge is 0.119 e. The van der Waals surface area contributed by atoms with E-state index in [-0.39, 0.29) is 6.10 Å². The minimum atomic E-state index is 0.124. The summed E-state index contributed by atoms with van der Waals surface area (Å²) in [4.78, 5) is 0. The highest BCUT2D eigenvalue weighted by atomic mass is 16.5. The molecule has 0 amide bonds. The molecule has 0 bridgehead atoms. The summed E-state index contributed by atoms with van der Waals surface area (Å²) in [6.07, 6.45) is 12.9. The van der Waals surface area contributed by atoms with E-state index >= 15 is 0 Å². The summed E-state index contributed by atoms with van der Waals surface area (Å²) in [5.74, 6) is 0.946. The zero-order valence-corrected chi connectivity index (χ0v) is 22.8. The molecule has 3 rings (SSSR count). The lowest BCUT2D eigenvalue weighted by molar-refractivity contribution is 0.0627. The Morgan fingerprint density at radius 1 is 0.556 bits per heavy atom. The van der Waals surface area contributed by atoms with E-state index in [4.69, 9.17) is 9.47 Å². The maximum absolute atomic E-state index is 6.14. The summed E-state index contributed by atoms with van der Waals surface area (Å²) in [5.41, 5.74) is 6.17. The molecular weight excluding hydrogens is 440 g/mol. The summed E-state index contributed by atoms with van der Waals surface area (Å²) in [6.45, 7) is 8.28. The van der Waals surface area contributed by atoms with E-state index in [0.717, 1.165) is 31.8 Å². The highest BCUT2D eigenvalue weighted by Gasteiger charge is 2.10. The van der Waals surface area contributed by atoms with Gasteiger partial charge in [-0.15, -0.1) is 0 Å². The standard InChI is InChI=1S/C34H46O2/c1-4-6-8-9-10-11-15-26-35-28(3)29-18-20-30(21-19-29)33-16-12-13-17-34(33)31-22-24-32(25-23-31)36-27-14-7-5-2/h12-13,16-25,28H,4-11,14-15,26-27H2,1-3H3. The van der Waals surface area contributed by atoms with Crippen LogP contribution in [0.25, 0.3) is 22.3 Å². The minimum Gasteiger partial charge on any atom is -0.494 e. The van der Waals surface area contributed by atoms with E-state index in [1.54, 1.807) is 0 Å². The van der Waals surface area contributed by atoms with Gasteiger partial charge >= 0.3 is 0 Å². The van der Waals surface area contributed by atoms with Crippen LogP contribution in [0.15, 0.2) is 72.8 Å². The van der Waals surface area contributed by atoms with Crippen molar-refractivity contribution in [1.82, 2.24) is 0 Å². The molecule has 1 unspecified atom stereocenters. The maximum atomic E-state index is 6.14. The van der Waals surface area contributed by atoms with Gasteiger partial charge in [-0.1, -0.05) is 126 Å². The topological polar surface area (TPSA) is 18.5 Å². The summed E-state index contributed by atoms with van der Waals surface area (Å²) < 4.78 is 12.0. The molecule has 0 heterocycles. The molecule has 0 aromatic heterocycles. The average molecular weight is 487 g/mol. The van der Waals surface area contributed by atoms with Gasteiger partial charge in [0, 0.05) is 6.61 Å². The monoisotopic (exact) mass is 486 g/mol. The van der Waals surface area contributed by atoms with E-state index < -0.39 is 0 Å². The number of ether oxygens (including phenoxy) is 2. The molecule has 194 valence electrons. The van der Waals surface area contributed by atoms with Crippen molar-refractivity contribution in [1.29, 1.82) is 0 Å². The average Bonchev–Trinajstić information content (AvgIpc) is 2.93. The predicted octanol–water partition coefficient (Wildman–Crippen LogP) is 10.4. The van der Waals surface area contributed by atoms with Crippen molar-refractivity contribution in [3.05, 3.63) is 78.4 Å². The van der Waals surface area contributed by atoms with Crippen LogP contribution in [0.5, 0.6) is 5.75 Å². The van der Waals surface area contributed by atoms with Gasteiger partial charge in [-0.3, -0.25) is 0 Å². The fourth-order valence-electron chi connectivity index (χ4n) is 4.61. The van der Waals surface area contributed by atoms with Gasteiger partial charge in [0.25, 0.3) is 0 Å². The Bertz CT molecular complexity index is 975. The molecule has 0 saturated carbocycles. The molecule has 1 atom stereocenters. The predicted molar refractivity (Wildman–Crippen MR) is 155 cm³/mol. The van der Waals surface area contributed by atoms with E-state index in [9.17, 15) is 0 Å². The Morgan fingerprint density at radius 2 is 1.06 bits per heavy atom. The number of hydrogen-bond acceptors (Lipinski definition) is 2. The van der Waals surface area contributed by atoms with Crippen LogP contribution >= 0.6 is 0 Å². The van der Waals surface area contributed by atoms with Gasteiger partial charge < -0.3 is 9.47 Å². The fraction of sp³-hybridized carbons (Fsp3) is 0.471. The van der Waals surface area contributed by atoms with E-state index in [1.807, 2.05) is 0 Å². The largest absolute Gasteiger partial charge is 0.494 e. The molecule has 0 aliphatic heterocycles. The SMILES string of the molecule is CCCCCCCCCOC(C)c1ccc(-c2ccccc2-c2ccc(OCCCCC)cc2)cc1. The highest BCUT2D eigenvalue weighted by Crippen LogP contribution is 2.33. The molecule has 0 fully saturated rings. The molecule has 2 heteroatoms. The minimum absolute atomic E-state index is 0.124. The summed E-state index contributed by atoms with van der Waals surface area (Å²) >= 11 is 0. The van der Waals surface area contributed by atoms with Crippen molar-refractivity contribution >= 4 is 0 Å². The second-order valence-corrected chi connectivity index (χ2v) is 9.88. The quantitative estimate of drug-likeness (QED) is 0.177. The van der Waals surface area contributed by atoms with Gasteiger partial charge in [-0.25, -0.2) is 0 Å². The number of hydrogen-bond donors (Lipinski definition) is 0. The lowest BCUT2D eigenvalue weighted by atomic mass is 9.94. The lowest BCUT2D eigenvalue weighted by Gasteiger charge is -2.15. The van der Waals surface area contributed by atoms with Crippen LogP contribution in [0.1, 0.15) is 96.6 Å². The van der Waals surface area contributed by atoms with Crippen LogP contribution in [-0.2, 0) is 4.74 Å². The van der Waals surface area contributed by atoms with Crippen LogP contribution < -0.4 is 4.74 Å². The molecule has 3 aromatic rings. The highest BCUT2D eigenvalue weighted by molar-refractivity contribution is 5.83. The van der Waals surface area contributed by atoms with Crippen LogP contribution in [-0.4, -0.2) is 13.2 Å². The van der Waals surface area contributed by atoms with Gasteiger partial charge in [0.1, 0.15) is 5.75 Å². The van der Waals surface area contributed by atoms with Gasteiger partial charge in [-0.05, 0) is 59.7 Å². The molecule has 36 heavy (non-hydrogen) atoms. The van der Waals surface area contributed by atoms with Crippen LogP contribution in [0.4, 0.5) is 0 Å². The van der Waals surface area contributed by atoms with Crippen LogP contribution in [0.2, 0.25) is 0 Å². The normalized spacial score (nSPS) is 12.0. The second-order valence-electron chi connectivity index (χ2n) is 9.88. The molecule has 0 saturated heterocycles. The Kier molecular flexibility index (Phi) is 12.6. The molecule has 0 spiro atoms. The Morgan fingerprint density at radius 3 is 1.67 bits per heavy atom. The van der Waals surface area contributed by atoms with Crippen molar-refractivity contribution in [2.45, 2.75) is 91.1 Å². The number of benzene rings is 3. The molecule has 2 nitrogen and oxygen atoms in total. The van der Waals surface area contributed by atoms with Gasteiger partial charge in [0.2, 0.25) is 0 Å². The molecule has 0 aliphatic carbocycles. The van der Waals surface area contributed by atoms with Crippen molar-refractivity contribution in [2.75, 3.05) is 13.2 Å². The number of unbranched alkanes of at least 4 members (excludes halogenated alkanes) is 8. The molecule has 0 radical (unpaired) electrons. The molecule has 0 aliphatic rings. The third-order valence-electron chi connectivity index (χ3n) is 6.92. The maximum Gasteiger partial charge on any atom is 0.119 e. The Hall–Kier alpha value is -2.58. The van der Waals surface area contributed by atoms with E-state index in [2.05, 4.69) is 93.6 Å². The first-order valence-electron chi connectivity index (χ1n) is 14.3. The van der Waals surface area contributed by atoms with Crippen LogP contribution in [0, 0.1) is 0 Å². The first kappa shape index (κ1) is 28.0. The first-order valence-corrected chi connectivity index (χ1v) is 14.3. The van der Waals surface area contributed by atoms with E-state index in [1.165, 1.54) is 79.2 Å². The molecular formula is C34H46O2. The van der Waals surface area contributed by atoms with Crippen molar-refractivity contribution in [3.63, 3.8) is 0 Å². The number of rotatable bonds is 17. The van der Waals surface area contributed by atoms with Gasteiger partial charge in [-0.2, -0.15) is 0 Å². The van der Waals surface area contributed by atoms with E-state index in [0.29, 0.717) is 0 Å². The summed E-state index contributed by atoms with van der Waals surface area (Å²) in [5, 5.41) is 0. The van der Waals surface area contributed by atoms with Gasteiger partial charge in [0.05, 0.1) is 12.7 Å². The van der Waals surface area contributed by atoms with Gasteiger partial charge in [0.15, 0.2) is 0 Å². The summed E-state index contributed by atoms with van der Waals surface area (Å²) in [6, 6.07) is 26.0. The zero-order chi connectivity index (χ0) is 25.4. The third kappa shape index (κ3) is 9.13. The summed E-state index contributed by atoms with van der Waals surface area (Å²) in [7, 11) is 0. The second kappa shape index (κ2) is 16.2. The Labute approximate surface area is 220 Å². The Balaban J connectivity index is 1.55. The molecule has 0 N–H and O–H groups in total. The zero-order valence-electron chi connectivity index (χ0n) is 22.8. The molecule has 3 aromatic carbocycles. The van der Waals surface area contributed by atoms with Crippen molar-refractivity contribution in [2.24, 2.45) is 0 Å². The van der Waals surface area contributed by atoms with Crippen LogP contribution in [0.3, 0.4) is 0 Å².